The molecular weight excluding hydrogens is 849 g/mol. The van der Waals surface area contributed by atoms with E-state index in [0.717, 1.165) is 35.8 Å². The summed E-state index contributed by atoms with van der Waals surface area (Å²) in [6.07, 6.45) is 68.9. The number of nitrogens with zero attached hydrogens (tertiary/aromatic N) is 2. The smallest absolute Gasteiger partial charge is 0.0165 e. The molecule has 0 bridgehead atoms. The highest BCUT2D eigenvalue weighted by molar-refractivity contribution is 8.76. The van der Waals surface area contributed by atoms with Crippen molar-refractivity contribution in [3.63, 3.8) is 0 Å². The number of rotatable bonds is 56. The molecule has 0 radical (unpaired) electrons. The minimum atomic E-state index is 0.795. The SMILES string of the molecule is CCCCCCCCCC(CCCCCCCC1CC1CCCCCCCC)N(C)CCSSCCN(C)C(CCCCCCCC)CCCCCCCCCC1CC1CCCCCCCC. The fourth-order valence-electron chi connectivity index (χ4n) is 11.9. The Morgan fingerprint density at radius 2 is 0.507 bits per heavy atom. The molecule has 0 aromatic carbocycles. The third-order valence-corrected chi connectivity index (χ3v) is 19.5. The molecule has 0 aliphatic heterocycles. The van der Waals surface area contributed by atoms with E-state index in [4.69, 9.17) is 0 Å². The molecule has 2 nitrogen and oxygen atoms in total. The van der Waals surface area contributed by atoms with Crippen LogP contribution in [-0.2, 0) is 0 Å². The van der Waals surface area contributed by atoms with Gasteiger partial charge in [-0.25, -0.2) is 0 Å². The standard InChI is InChI=1S/C63H126N2S2/c1-7-11-15-19-24-33-41-49-63(51-43-35-27-31-39-47-61-57-59(61)45-37-29-21-17-13-9-3)65(6)53-55-67-66-54-52-64(5)62(48-40-32-22-18-14-10-4)50-42-34-26-23-25-30-38-46-60-56-58(60)44-36-28-20-16-12-8-2/h58-63H,7-57H2,1-6H3. The van der Waals surface area contributed by atoms with Crippen molar-refractivity contribution in [2.45, 2.75) is 342 Å². The maximum Gasteiger partial charge on any atom is 0.0165 e. The number of unbranched alkanes of at least 4 members (excludes halogenated alkanes) is 31. The summed E-state index contributed by atoms with van der Waals surface area (Å²) in [7, 11) is 9.27. The van der Waals surface area contributed by atoms with E-state index in [1.54, 1.807) is 32.1 Å². The Labute approximate surface area is 433 Å². The first-order chi connectivity index (χ1) is 33.0. The van der Waals surface area contributed by atoms with Gasteiger partial charge in [0.1, 0.15) is 0 Å². The molecule has 2 aliphatic carbocycles. The van der Waals surface area contributed by atoms with Crippen LogP contribution >= 0.6 is 21.6 Å². The Morgan fingerprint density at radius 3 is 0.746 bits per heavy atom. The summed E-state index contributed by atoms with van der Waals surface area (Å²) in [4.78, 5) is 5.56. The van der Waals surface area contributed by atoms with Crippen LogP contribution in [0, 0.1) is 23.7 Å². The molecule has 4 heteroatoms. The largest absolute Gasteiger partial charge is 0.303 e. The molecule has 0 saturated heterocycles. The zero-order valence-electron chi connectivity index (χ0n) is 47.2. The lowest BCUT2D eigenvalue weighted by Crippen LogP contribution is -2.34. The first kappa shape index (κ1) is 63.7. The van der Waals surface area contributed by atoms with Gasteiger partial charge in [-0.15, -0.1) is 0 Å². The topological polar surface area (TPSA) is 6.48 Å². The van der Waals surface area contributed by atoms with Crippen molar-refractivity contribution in [3.05, 3.63) is 0 Å². The van der Waals surface area contributed by atoms with Crippen LogP contribution in [0.4, 0.5) is 0 Å². The summed E-state index contributed by atoms with van der Waals surface area (Å²) < 4.78 is 0. The molecule has 2 saturated carbocycles. The Hall–Kier alpha value is 0.620. The fraction of sp³-hybridized carbons (Fsp3) is 1.00. The van der Waals surface area contributed by atoms with Gasteiger partial charge in [0.05, 0.1) is 0 Å². The minimum Gasteiger partial charge on any atom is -0.303 e. The van der Waals surface area contributed by atoms with Crippen LogP contribution in [0.1, 0.15) is 329 Å². The summed E-state index contributed by atoms with van der Waals surface area (Å²) in [5.74, 6) is 7.00. The van der Waals surface area contributed by atoms with Crippen molar-refractivity contribution >= 4 is 21.6 Å². The van der Waals surface area contributed by atoms with E-state index in [1.165, 1.54) is 294 Å². The lowest BCUT2D eigenvalue weighted by molar-refractivity contribution is 0.220. The van der Waals surface area contributed by atoms with E-state index in [9.17, 15) is 0 Å². The van der Waals surface area contributed by atoms with Crippen LogP contribution in [-0.4, -0.2) is 60.6 Å². The van der Waals surface area contributed by atoms with E-state index in [2.05, 4.69) is 73.2 Å². The molecule has 400 valence electrons. The monoisotopic (exact) mass is 975 g/mol. The second-order valence-corrected chi connectivity index (χ2v) is 26.1. The third kappa shape index (κ3) is 38.9. The second-order valence-electron chi connectivity index (χ2n) is 23.4. The van der Waals surface area contributed by atoms with E-state index in [1.807, 2.05) is 0 Å². The van der Waals surface area contributed by atoms with Gasteiger partial charge >= 0.3 is 0 Å². The molecule has 0 aromatic rings. The highest BCUT2D eigenvalue weighted by Crippen LogP contribution is 2.46. The first-order valence-corrected chi connectivity index (χ1v) is 34.2. The van der Waals surface area contributed by atoms with Crippen molar-refractivity contribution in [3.8, 4) is 0 Å². The second kappa shape index (κ2) is 47.6. The zero-order valence-corrected chi connectivity index (χ0v) is 48.9. The molecule has 0 heterocycles. The molecule has 2 aliphatic rings. The normalized spacial score (nSPS) is 19.0. The van der Waals surface area contributed by atoms with Gasteiger partial charge in [-0.05, 0) is 76.3 Å². The lowest BCUT2D eigenvalue weighted by Gasteiger charge is -2.29. The van der Waals surface area contributed by atoms with E-state index >= 15 is 0 Å². The first-order valence-electron chi connectivity index (χ1n) is 31.7. The average molecular weight is 976 g/mol. The number of hydrogen-bond acceptors (Lipinski definition) is 4. The molecular formula is C63H126N2S2. The summed E-state index contributed by atoms with van der Waals surface area (Å²) in [5, 5.41) is 0. The van der Waals surface area contributed by atoms with Crippen LogP contribution in [0.2, 0.25) is 0 Å². The van der Waals surface area contributed by atoms with Crippen molar-refractivity contribution in [1.82, 2.24) is 9.80 Å². The predicted molar refractivity (Wildman–Crippen MR) is 311 cm³/mol. The van der Waals surface area contributed by atoms with Gasteiger partial charge < -0.3 is 9.80 Å². The van der Waals surface area contributed by atoms with Crippen molar-refractivity contribution in [2.24, 2.45) is 23.7 Å². The maximum absolute atomic E-state index is 2.78. The minimum absolute atomic E-state index is 0.795. The average Bonchev–Trinajstić information content (AvgIpc) is 4.27. The van der Waals surface area contributed by atoms with Gasteiger partial charge in [-0.3, -0.25) is 0 Å². The van der Waals surface area contributed by atoms with E-state index in [0.29, 0.717) is 0 Å². The van der Waals surface area contributed by atoms with Gasteiger partial charge in [-0.2, -0.15) is 0 Å². The Morgan fingerprint density at radius 1 is 0.299 bits per heavy atom. The van der Waals surface area contributed by atoms with Crippen LogP contribution < -0.4 is 0 Å². The van der Waals surface area contributed by atoms with E-state index in [-0.39, 0.29) is 0 Å². The molecule has 6 unspecified atom stereocenters. The van der Waals surface area contributed by atoms with Gasteiger partial charge in [-0.1, -0.05) is 313 Å². The number of hydrogen-bond donors (Lipinski definition) is 0. The fourth-order valence-corrected chi connectivity index (χ4v) is 14.0. The molecule has 2 fully saturated rings. The van der Waals surface area contributed by atoms with Gasteiger partial charge in [0.2, 0.25) is 0 Å². The molecule has 0 aromatic heterocycles. The summed E-state index contributed by atoms with van der Waals surface area (Å²) in [6.45, 7) is 11.9. The maximum atomic E-state index is 2.78. The van der Waals surface area contributed by atoms with Crippen LogP contribution in [0.3, 0.4) is 0 Å². The molecule has 6 atom stereocenters. The molecule has 0 N–H and O–H groups in total. The van der Waals surface area contributed by atoms with Gasteiger partial charge in [0, 0.05) is 36.7 Å². The predicted octanol–water partition coefficient (Wildman–Crippen LogP) is 21.9. The zero-order chi connectivity index (χ0) is 48.1. The van der Waals surface area contributed by atoms with E-state index < -0.39 is 0 Å². The Bertz CT molecular complexity index is 991. The third-order valence-electron chi connectivity index (χ3n) is 17.1. The quantitative estimate of drug-likeness (QED) is 0.0442. The van der Waals surface area contributed by atoms with Crippen LogP contribution in [0.25, 0.3) is 0 Å². The Kier molecular flexibility index (Phi) is 45.3. The van der Waals surface area contributed by atoms with Crippen molar-refractivity contribution < 1.29 is 0 Å². The van der Waals surface area contributed by atoms with Crippen LogP contribution in [0.5, 0.6) is 0 Å². The summed E-state index contributed by atoms with van der Waals surface area (Å²) in [6, 6.07) is 1.59. The van der Waals surface area contributed by atoms with Crippen molar-refractivity contribution in [1.29, 1.82) is 0 Å². The molecule has 67 heavy (non-hydrogen) atoms. The van der Waals surface area contributed by atoms with Gasteiger partial charge in [0.15, 0.2) is 0 Å². The lowest BCUT2D eigenvalue weighted by atomic mass is 9.98. The van der Waals surface area contributed by atoms with Gasteiger partial charge in [0.25, 0.3) is 0 Å². The molecule has 2 rings (SSSR count). The highest BCUT2D eigenvalue weighted by Gasteiger charge is 2.35. The highest BCUT2D eigenvalue weighted by atomic mass is 33.1. The summed E-state index contributed by atoms with van der Waals surface area (Å²) >= 11 is 0. The summed E-state index contributed by atoms with van der Waals surface area (Å²) in [5.41, 5.74) is 0. The van der Waals surface area contributed by atoms with Crippen molar-refractivity contribution in [2.75, 3.05) is 38.7 Å². The van der Waals surface area contributed by atoms with Crippen LogP contribution in [0.15, 0.2) is 0 Å². The molecule has 0 spiro atoms. The molecule has 0 amide bonds. The Balaban J connectivity index is 1.59.